The number of halogens is 6. The lowest BCUT2D eigenvalue weighted by Gasteiger charge is -2.37. The smallest absolute Gasteiger partial charge is 0.316 e. The molecule has 0 bridgehead atoms. The van der Waals surface area contributed by atoms with Crippen molar-refractivity contribution < 1.29 is 35.9 Å². The summed E-state index contributed by atoms with van der Waals surface area (Å²) in [5.41, 5.74) is -4.15. The molecule has 0 unspecified atom stereocenters. The van der Waals surface area contributed by atoms with Crippen molar-refractivity contribution in [2.24, 2.45) is 0 Å². The summed E-state index contributed by atoms with van der Waals surface area (Å²) in [7, 11) is 0. The fraction of sp³-hybridized carbons (Fsp3) is 0.429. The van der Waals surface area contributed by atoms with E-state index in [-0.39, 0.29) is 17.0 Å². The van der Waals surface area contributed by atoms with Crippen molar-refractivity contribution in [1.82, 2.24) is 5.32 Å². The monoisotopic (exact) mass is 356 g/mol. The molecule has 10 heteroatoms. The topological polar surface area (TPSA) is 58.2 Å². The van der Waals surface area contributed by atoms with E-state index in [2.05, 4.69) is 0 Å². The van der Waals surface area contributed by atoms with Gasteiger partial charge >= 0.3 is 18.4 Å². The Balaban J connectivity index is 2.99. The second-order valence-electron chi connectivity index (χ2n) is 4.97. The van der Waals surface area contributed by atoms with E-state index in [0.717, 1.165) is 5.32 Å². The minimum absolute atomic E-state index is 0.0631. The first-order chi connectivity index (χ1) is 10.8. The van der Waals surface area contributed by atoms with Gasteiger partial charge in [0.2, 0.25) is 5.54 Å². The molecule has 0 aliphatic rings. The Bertz CT molecular complexity index is 593. The van der Waals surface area contributed by atoms with E-state index in [1.54, 1.807) is 0 Å². The van der Waals surface area contributed by atoms with E-state index in [1.807, 2.05) is 5.32 Å². The van der Waals surface area contributed by atoms with Crippen LogP contribution in [0.5, 0.6) is 0 Å². The largest absolute Gasteiger partial charge is 0.420 e. The second-order valence-corrected chi connectivity index (χ2v) is 4.97. The van der Waals surface area contributed by atoms with Crippen molar-refractivity contribution in [3.63, 3.8) is 0 Å². The third-order valence-electron chi connectivity index (χ3n) is 3.37. The molecule has 1 rings (SSSR count). The van der Waals surface area contributed by atoms with E-state index in [4.69, 9.17) is 0 Å². The maximum absolute atomic E-state index is 12.9. The molecule has 0 fully saturated rings. The first kappa shape index (κ1) is 19.8. The molecule has 4 nitrogen and oxygen atoms in total. The van der Waals surface area contributed by atoms with Gasteiger partial charge in [0.1, 0.15) is 0 Å². The number of urea groups is 1. The summed E-state index contributed by atoms with van der Waals surface area (Å²) in [6, 6.07) is 3.26. The van der Waals surface area contributed by atoms with Crippen molar-refractivity contribution in [3.8, 4) is 0 Å². The summed E-state index contributed by atoms with van der Waals surface area (Å²) in [6.45, 7) is 1.94. The lowest BCUT2D eigenvalue weighted by Crippen LogP contribution is -2.67. The number of anilines is 1. The molecule has 0 heterocycles. The third-order valence-corrected chi connectivity index (χ3v) is 3.37. The minimum Gasteiger partial charge on any atom is -0.316 e. The van der Waals surface area contributed by atoms with Gasteiger partial charge in [0.25, 0.3) is 0 Å². The van der Waals surface area contributed by atoms with Gasteiger partial charge in [0, 0.05) is 11.3 Å². The lowest BCUT2D eigenvalue weighted by atomic mass is 9.94. The summed E-state index contributed by atoms with van der Waals surface area (Å²) >= 11 is 0. The molecule has 2 N–H and O–H groups in total. The molecule has 0 aromatic heterocycles. The summed E-state index contributed by atoms with van der Waals surface area (Å²) in [5.74, 6) is -0.287. The number of carbonyl (C=O) groups is 2. The van der Waals surface area contributed by atoms with Gasteiger partial charge in [-0.15, -0.1) is 0 Å². The Hall–Kier alpha value is -2.26. The zero-order valence-corrected chi connectivity index (χ0v) is 12.6. The van der Waals surface area contributed by atoms with Gasteiger partial charge in [0.05, 0.1) is 0 Å². The molecule has 0 saturated heterocycles. The predicted octanol–water partition coefficient (Wildman–Crippen LogP) is 4.28. The molecule has 134 valence electrons. The van der Waals surface area contributed by atoms with Crippen LogP contribution in [-0.2, 0) is 0 Å². The number of ketones is 1. The molecule has 0 aliphatic carbocycles. The van der Waals surface area contributed by atoms with Crippen LogP contribution in [0.4, 0.5) is 36.8 Å². The molecule has 1 aromatic rings. The number of hydrogen-bond donors (Lipinski definition) is 2. The van der Waals surface area contributed by atoms with Crippen molar-refractivity contribution >= 4 is 17.5 Å². The Morgan fingerprint density at radius 3 is 1.75 bits per heavy atom. The van der Waals surface area contributed by atoms with E-state index in [1.165, 1.54) is 31.2 Å². The highest BCUT2D eigenvalue weighted by atomic mass is 19.4. The van der Waals surface area contributed by atoms with Crippen LogP contribution >= 0.6 is 0 Å². The normalized spacial score (nSPS) is 12.7. The maximum Gasteiger partial charge on any atom is 0.420 e. The van der Waals surface area contributed by atoms with Crippen LogP contribution < -0.4 is 10.6 Å². The SMILES string of the molecule is CCC(NC(=O)Nc1ccc(C(C)=O)cc1)(C(F)(F)F)C(F)(F)F. The van der Waals surface area contributed by atoms with Crippen LogP contribution in [0.25, 0.3) is 0 Å². The Morgan fingerprint density at radius 1 is 0.958 bits per heavy atom. The van der Waals surface area contributed by atoms with Crippen LogP contribution in [0, 0.1) is 0 Å². The molecule has 24 heavy (non-hydrogen) atoms. The standard InChI is InChI=1S/C14H14F6N2O2/c1-3-12(13(15,16)17,14(18,19)20)22-11(24)21-10-6-4-9(5-7-10)8(2)23/h4-7H,3H2,1-2H3,(H2,21,22,24). The van der Waals surface area contributed by atoms with Crippen molar-refractivity contribution in [2.45, 2.75) is 38.2 Å². The molecule has 0 atom stereocenters. The number of nitrogens with one attached hydrogen (secondary N) is 2. The van der Waals surface area contributed by atoms with Gasteiger partial charge in [-0.1, -0.05) is 6.92 Å². The van der Waals surface area contributed by atoms with Gasteiger partial charge in [-0.25, -0.2) is 4.79 Å². The fourth-order valence-corrected chi connectivity index (χ4v) is 1.94. The first-order valence-electron chi connectivity index (χ1n) is 6.67. The first-order valence-corrected chi connectivity index (χ1v) is 6.67. The van der Waals surface area contributed by atoms with Crippen LogP contribution in [0.3, 0.4) is 0 Å². The van der Waals surface area contributed by atoms with Crippen LogP contribution in [0.2, 0.25) is 0 Å². The zero-order valence-electron chi connectivity index (χ0n) is 12.6. The number of alkyl halides is 6. The molecule has 0 radical (unpaired) electrons. The Labute approximate surface area is 133 Å². The summed E-state index contributed by atoms with van der Waals surface area (Å²) < 4.78 is 77.5. The summed E-state index contributed by atoms with van der Waals surface area (Å²) in [4.78, 5) is 22.7. The Kier molecular flexibility index (Phi) is 5.52. The fourth-order valence-electron chi connectivity index (χ4n) is 1.94. The van der Waals surface area contributed by atoms with E-state index >= 15 is 0 Å². The van der Waals surface area contributed by atoms with Gasteiger partial charge in [0.15, 0.2) is 5.78 Å². The highest BCUT2D eigenvalue weighted by molar-refractivity contribution is 5.95. The minimum atomic E-state index is -5.73. The number of rotatable bonds is 4. The van der Waals surface area contributed by atoms with Crippen molar-refractivity contribution in [3.05, 3.63) is 29.8 Å². The molecule has 0 aliphatic heterocycles. The highest BCUT2D eigenvalue weighted by Crippen LogP contribution is 2.45. The number of carbonyl (C=O) groups excluding carboxylic acids is 2. The summed E-state index contributed by atoms with van der Waals surface area (Å²) in [5, 5.41) is 2.86. The quantitative estimate of drug-likeness (QED) is 0.625. The molecule has 2 amide bonds. The highest BCUT2D eigenvalue weighted by Gasteiger charge is 2.70. The Morgan fingerprint density at radius 2 is 1.42 bits per heavy atom. The van der Waals surface area contributed by atoms with E-state index in [9.17, 15) is 35.9 Å². The lowest BCUT2D eigenvalue weighted by molar-refractivity contribution is -0.304. The molecule has 1 aromatic carbocycles. The zero-order chi connectivity index (χ0) is 18.8. The predicted molar refractivity (Wildman–Crippen MR) is 73.7 cm³/mol. The van der Waals surface area contributed by atoms with Gasteiger partial charge in [-0.2, -0.15) is 26.3 Å². The second kappa shape index (κ2) is 6.70. The van der Waals surface area contributed by atoms with Gasteiger partial charge in [-0.3, -0.25) is 4.79 Å². The number of Topliss-reactive ketones (excluding diaryl/α,β-unsaturated/α-hetero) is 1. The molecule has 0 spiro atoms. The van der Waals surface area contributed by atoms with Crippen LogP contribution in [0.15, 0.2) is 24.3 Å². The van der Waals surface area contributed by atoms with Crippen molar-refractivity contribution in [1.29, 1.82) is 0 Å². The van der Waals surface area contributed by atoms with Crippen LogP contribution in [-0.4, -0.2) is 29.7 Å². The van der Waals surface area contributed by atoms with Crippen LogP contribution in [0.1, 0.15) is 30.6 Å². The van der Waals surface area contributed by atoms with Gasteiger partial charge < -0.3 is 10.6 Å². The molecular weight excluding hydrogens is 342 g/mol. The molecular formula is C14H14F6N2O2. The van der Waals surface area contributed by atoms with Gasteiger partial charge in [-0.05, 0) is 37.6 Å². The number of amides is 2. The average molecular weight is 356 g/mol. The summed E-state index contributed by atoms with van der Waals surface area (Å²) in [6.07, 6.45) is -12.9. The van der Waals surface area contributed by atoms with E-state index in [0.29, 0.717) is 6.92 Å². The van der Waals surface area contributed by atoms with Crippen molar-refractivity contribution in [2.75, 3.05) is 5.32 Å². The molecule has 0 saturated carbocycles. The number of hydrogen-bond acceptors (Lipinski definition) is 2. The van der Waals surface area contributed by atoms with E-state index < -0.39 is 30.3 Å². The number of benzene rings is 1. The third kappa shape index (κ3) is 3.98. The maximum atomic E-state index is 12.9. The average Bonchev–Trinajstić information content (AvgIpc) is 2.42.